The van der Waals surface area contributed by atoms with Crippen molar-refractivity contribution >= 4 is 81.0 Å². The fraction of sp³-hybridized carbons (Fsp3) is 0.0833. The third kappa shape index (κ3) is 5.75. The Morgan fingerprint density at radius 3 is 2.53 bits per heavy atom. The van der Waals surface area contributed by atoms with Crippen LogP contribution in [0.15, 0.2) is 59.2 Å². The van der Waals surface area contributed by atoms with Gasteiger partial charge in [-0.3, -0.25) is 10.1 Å². The van der Waals surface area contributed by atoms with E-state index in [1.54, 1.807) is 24.3 Å². The van der Waals surface area contributed by atoms with Crippen LogP contribution in [0.4, 0.5) is 5.69 Å². The van der Waals surface area contributed by atoms with Crippen LogP contribution >= 0.6 is 57.4 Å². The number of methoxy groups -OCH3 is 1. The molecule has 0 N–H and O–H groups in total. The topological polar surface area (TPSA) is 100 Å². The Hall–Kier alpha value is -2.86. The highest BCUT2D eigenvalue weighted by atomic mass is 127. The third-order valence-electron chi connectivity index (χ3n) is 4.94. The smallest absolute Gasteiger partial charge is 0.363 e. The molecule has 0 atom stereocenters. The standard InChI is InChI=1S/C24H14Cl3IN2O6/c1-34-21-9-13(7-19(28)22(21)35-11-12-2-5-16(25)18(27)6-12)8-20-24(31)36-23(29-20)15-4-3-14(30(32)33)10-17(15)26/h2-10H,11H2,1H3/b20-8-. The molecule has 3 aromatic carbocycles. The maximum Gasteiger partial charge on any atom is 0.363 e. The van der Waals surface area contributed by atoms with Gasteiger partial charge in [0.15, 0.2) is 17.2 Å². The molecule has 36 heavy (non-hydrogen) atoms. The summed E-state index contributed by atoms with van der Waals surface area (Å²) in [6.45, 7) is 0.236. The van der Waals surface area contributed by atoms with Gasteiger partial charge in [-0.05, 0) is 70.1 Å². The van der Waals surface area contributed by atoms with Gasteiger partial charge in [0.05, 0.1) is 36.2 Å². The van der Waals surface area contributed by atoms with E-state index in [4.69, 9.17) is 49.0 Å². The largest absolute Gasteiger partial charge is 0.493 e. The Balaban J connectivity index is 1.59. The van der Waals surface area contributed by atoms with Crippen molar-refractivity contribution in [2.24, 2.45) is 4.99 Å². The van der Waals surface area contributed by atoms with Crippen LogP contribution in [-0.2, 0) is 16.1 Å². The molecule has 0 spiro atoms. The number of nitro groups is 1. The van der Waals surface area contributed by atoms with Crippen LogP contribution < -0.4 is 9.47 Å². The molecular formula is C24H14Cl3IN2O6. The number of benzene rings is 3. The van der Waals surface area contributed by atoms with E-state index in [-0.39, 0.29) is 34.5 Å². The average Bonchev–Trinajstić information content (AvgIpc) is 3.19. The summed E-state index contributed by atoms with van der Waals surface area (Å²) in [6.07, 6.45) is 1.53. The number of carbonyl (C=O) groups excluding carboxylic acids is 1. The van der Waals surface area contributed by atoms with Crippen molar-refractivity contribution in [2.45, 2.75) is 6.61 Å². The first-order valence-corrected chi connectivity index (χ1v) is 12.3. The number of hydrogen-bond donors (Lipinski definition) is 0. The van der Waals surface area contributed by atoms with Gasteiger partial charge in [-0.25, -0.2) is 9.79 Å². The quantitative estimate of drug-likeness (QED) is 0.0883. The van der Waals surface area contributed by atoms with Crippen LogP contribution in [0, 0.1) is 13.7 Å². The van der Waals surface area contributed by atoms with Crippen molar-refractivity contribution in [3.8, 4) is 11.5 Å². The van der Waals surface area contributed by atoms with Gasteiger partial charge in [0.25, 0.3) is 5.69 Å². The van der Waals surface area contributed by atoms with Gasteiger partial charge in [0, 0.05) is 12.1 Å². The molecule has 1 heterocycles. The summed E-state index contributed by atoms with van der Waals surface area (Å²) < 4.78 is 17.4. The van der Waals surface area contributed by atoms with Crippen LogP contribution in [0.25, 0.3) is 6.08 Å². The third-order valence-corrected chi connectivity index (χ3v) is 6.79. The average molecular weight is 660 g/mol. The first-order valence-electron chi connectivity index (χ1n) is 10.1. The maximum absolute atomic E-state index is 12.4. The van der Waals surface area contributed by atoms with Crippen molar-refractivity contribution in [3.05, 3.63) is 99.7 Å². The minimum atomic E-state index is -0.687. The van der Waals surface area contributed by atoms with E-state index in [0.29, 0.717) is 27.1 Å². The molecule has 3 aromatic rings. The highest BCUT2D eigenvalue weighted by Crippen LogP contribution is 2.36. The van der Waals surface area contributed by atoms with Gasteiger partial charge >= 0.3 is 5.97 Å². The van der Waals surface area contributed by atoms with Crippen molar-refractivity contribution in [1.82, 2.24) is 0 Å². The molecule has 4 rings (SSSR count). The van der Waals surface area contributed by atoms with E-state index >= 15 is 0 Å². The summed E-state index contributed by atoms with van der Waals surface area (Å²) in [6, 6.07) is 12.5. The minimum absolute atomic E-state index is 0.0294. The SMILES string of the molecule is COc1cc(/C=C2\N=C(c3ccc([N+](=O)[O-])cc3Cl)OC2=O)cc(I)c1OCc1ccc(Cl)c(Cl)c1. The molecular weight excluding hydrogens is 646 g/mol. The Morgan fingerprint density at radius 2 is 1.86 bits per heavy atom. The fourth-order valence-corrected chi connectivity index (χ4v) is 4.58. The van der Waals surface area contributed by atoms with Crippen LogP contribution in [0.5, 0.6) is 11.5 Å². The van der Waals surface area contributed by atoms with E-state index < -0.39 is 10.9 Å². The number of non-ortho nitro benzene ring substituents is 1. The zero-order valence-electron chi connectivity index (χ0n) is 18.3. The minimum Gasteiger partial charge on any atom is -0.493 e. The number of cyclic esters (lactones) is 1. The van der Waals surface area contributed by atoms with Crippen molar-refractivity contribution < 1.29 is 23.9 Å². The molecule has 184 valence electrons. The van der Waals surface area contributed by atoms with E-state index in [1.165, 1.54) is 31.4 Å². The van der Waals surface area contributed by atoms with Crippen molar-refractivity contribution in [1.29, 1.82) is 0 Å². The van der Waals surface area contributed by atoms with Crippen LogP contribution in [0.2, 0.25) is 15.1 Å². The zero-order valence-corrected chi connectivity index (χ0v) is 22.7. The van der Waals surface area contributed by atoms with Crippen molar-refractivity contribution in [2.75, 3.05) is 7.11 Å². The Morgan fingerprint density at radius 1 is 1.08 bits per heavy atom. The molecule has 0 aliphatic carbocycles. The number of nitro benzene ring substituents is 1. The monoisotopic (exact) mass is 658 g/mol. The zero-order chi connectivity index (χ0) is 26.0. The summed E-state index contributed by atoms with van der Waals surface area (Å²) in [5, 5.41) is 11.9. The highest BCUT2D eigenvalue weighted by molar-refractivity contribution is 14.1. The number of ether oxygens (including phenoxy) is 3. The van der Waals surface area contributed by atoms with E-state index in [9.17, 15) is 14.9 Å². The predicted molar refractivity (Wildman–Crippen MR) is 145 cm³/mol. The van der Waals surface area contributed by atoms with Crippen molar-refractivity contribution in [3.63, 3.8) is 0 Å². The summed E-state index contributed by atoms with van der Waals surface area (Å²) in [5.41, 5.74) is 1.55. The number of hydrogen-bond acceptors (Lipinski definition) is 7. The normalized spacial score (nSPS) is 14.0. The highest BCUT2D eigenvalue weighted by Gasteiger charge is 2.27. The molecule has 0 saturated heterocycles. The molecule has 8 nitrogen and oxygen atoms in total. The molecule has 0 saturated carbocycles. The lowest BCUT2D eigenvalue weighted by Crippen LogP contribution is -2.06. The summed E-state index contributed by atoms with van der Waals surface area (Å²) >= 11 is 20.3. The summed E-state index contributed by atoms with van der Waals surface area (Å²) in [5.74, 6) is 0.229. The molecule has 0 amide bonds. The van der Waals surface area contributed by atoms with Gasteiger partial charge in [-0.1, -0.05) is 40.9 Å². The number of nitrogens with zero attached hydrogens (tertiary/aromatic N) is 2. The number of aliphatic imine (C=N–C) groups is 1. The molecule has 0 aromatic heterocycles. The van der Waals surface area contributed by atoms with Crippen LogP contribution in [-0.4, -0.2) is 23.9 Å². The molecule has 12 heteroatoms. The molecule has 0 radical (unpaired) electrons. The lowest BCUT2D eigenvalue weighted by molar-refractivity contribution is -0.384. The fourth-order valence-electron chi connectivity index (χ4n) is 3.22. The van der Waals surface area contributed by atoms with E-state index in [0.717, 1.165) is 9.13 Å². The van der Waals surface area contributed by atoms with Gasteiger partial charge in [0.2, 0.25) is 5.90 Å². The first-order chi connectivity index (χ1) is 17.2. The lowest BCUT2D eigenvalue weighted by atomic mass is 10.1. The summed E-state index contributed by atoms with van der Waals surface area (Å²) in [7, 11) is 1.50. The molecule has 1 aliphatic heterocycles. The second-order valence-electron chi connectivity index (χ2n) is 7.33. The molecule has 1 aliphatic rings. The number of carbonyl (C=O) groups is 1. The Bertz CT molecular complexity index is 1460. The predicted octanol–water partition coefficient (Wildman–Crippen LogP) is 7.09. The van der Waals surface area contributed by atoms with E-state index in [1.807, 2.05) is 6.07 Å². The van der Waals surface area contributed by atoms with Crippen LogP contribution in [0.1, 0.15) is 16.7 Å². The van der Waals surface area contributed by atoms with E-state index in [2.05, 4.69) is 27.6 Å². The second kappa shape index (κ2) is 11.0. The summed E-state index contributed by atoms with van der Waals surface area (Å²) in [4.78, 5) is 27.0. The maximum atomic E-state index is 12.4. The van der Waals surface area contributed by atoms with Gasteiger partial charge < -0.3 is 14.2 Å². The molecule has 0 unspecified atom stereocenters. The number of halogens is 4. The first kappa shape index (κ1) is 26.2. The van der Waals surface area contributed by atoms with Gasteiger partial charge in [-0.2, -0.15) is 0 Å². The second-order valence-corrected chi connectivity index (χ2v) is 9.71. The lowest BCUT2D eigenvalue weighted by Gasteiger charge is -2.14. The molecule has 0 bridgehead atoms. The number of rotatable bonds is 7. The van der Waals surface area contributed by atoms with Gasteiger partial charge in [0.1, 0.15) is 6.61 Å². The number of esters is 1. The Labute approximate surface area is 233 Å². The van der Waals surface area contributed by atoms with Gasteiger partial charge in [-0.15, -0.1) is 0 Å². The van der Waals surface area contributed by atoms with Crippen LogP contribution in [0.3, 0.4) is 0 Å². The molecule has 0 fully saturated rings. The Kier molecular flexibility index (Phi) is 8.04.